The van der Waals surface area contributed by atoms with Crippen LogP contribution in [-0.4, -0.2) is 56.6 Å². The Labute approximate surface area is 92.0 Å². The van der Waals surface area contributed by atoms with Crippen molar-refractivity contribution < 1.29 is 4.79 Å². The summed E-state index contributed by atoms with van der Waals surface area (Å²) in [4.78, 5) is 15.2. The fourth-order valence-corrected chi connectivity index (χ4v) is 1.84. The highest BCUT2D eigenvalue weighted by molar-refractivity contribution is 5.85. The first-order valence-electron chi connectivity index (χ1n) is 4.75. The fraction of sp³-hybridized carbons (Fsp3) is 0.889. The van der Waals surface area contributed by atoms with Crippen LogP contribution in [0.15, 0.2) is 0 Å². The lowest BCUT2D eigenvalue weighted by Gasteiger charge is -2.20. The van der Waals surface area contributed by atoms with Gasteiger partial charge >= 0.3 is 6.03 Å². The molecule has 1 fully saturated rings. The minimum absolute atomic E-state index is 0. The van der Waals surface area contributed by atoms with E-state index in [1.54, 1.807) is 11.9 Å². The van der Waals surface area contributed by atoms with Gasteiger partial charge in [0.25, 0.3) is 0 Å². The van der Waals surface area contributed by atoms with Crippen molar-refractivity contribution in [1.82, 2.24) is 15.1 Å². The molecule has 0 radical (unpaired) electrons. The van der Waals surface area contributed by atoms with Crippen molar-refractivity contribution in [2.24, 2.45) is 5.92 Å². The monoisotopic (exact) mass is 221 g/mol. The van der Waals surface area contributed by atoms with Crippen LogP contribution in [0.25, 0.3) is 0 Å². The third kappa shape index (κ3) is 3.72. The molecule has 0 aromatic rings. The summed E-state index contributed by atoms with van der Waals surface area (Å²) in [5.41, 5.74) is 0. The molecule has 14 heavy (non-hydrogen) atoms. The van der Waals surface area contributed by atoms with E-state index >= 15 is 0 Å². The van der Waals surface area contributed by atoms with Crippen LogP contribution in [0.3, 0.4) is 0 Å². The molecule has 1 heterocycles. The summed E-state index contributed by atoms with van der Waals surface area (Å²) in [7, 11) is 5.64. The number of hydrogen-bond donors (Lipinski definition) is 1. The standard InChI is InChI=1S/C9H19N3O.ClH/c1-10-9(13)12(3)7-8-4-5-11(2)6-8;/h8H,4-7H2,1-3H3,(H,10,13);1H. The number of carbonyl (C=O) groups excluding carboxylic acids is 1. The lowest BCUT2D eigenvalue weighted by molar-refractivity contribution is 0.203. The van der Waals surface area contributed by atoms with E-state index < -0.39 is 0 Å². The number of nitrogens with one attached hydrogen (secondary N) is 1. The van der Waals surface area contributed by atoms with E-state index in [0.717, 1.165) is 19.6 Å². The van der Waals surface area contributed by atoms with Gasteiger partial charge in [-0.3, -0.25) is 0 Å². The average Bonchev–Trinajstić information content (AvgIpc) is 2.49. The molecule has 0 spiro atoms. The van der Waals surface area contributed by atoms with Gasteiger partial charge < -0.3 is 15.1 Å². The molecule has 0 aliphatic carbocycles. The quantitative estimate of drug-likeness (QED) is 0.743. The second-order valence-electron chi connectivity index (χ2n) is 3.85. The number of rotatable bonds is 2. The fourth-order valence-electron chi connectivity index (χ4n) is 1.84. The van der Waals surface area contributed by atoms with Crippen LogP contribution in [0.1, 0.15) is 6.42 Å². The van der Waals surface area contributed by atoms with Crippen molar-refractivity contribution in [1.29, 1.82) is 0 Å². The SMILES string of the molecule is CNC(=O)N(C)CC1CCN(C)C1.Cl. The van der Waals surface area contributed by atoms with Crippen LogP contribution in [0.4, 0.5) is 4.79 Å². The molecular formula is C9H20ClN3O. The maximum absolute atomic E-state index is 11.2. The molecular weight excluding hydrogens is 202 g/mol. The molecule has 1 unspecified atom stereocenters. The normalized spacial score (nSPS) is 21.5. The van der Waals surface area contributed by atoms with Crippen LogP contribution in [0, 0.1) is 5.92 Å². The molecule has 1 rings (SSSR count). The zero-order valence-electron chi connectivity index (χ0n) is 9.12. The lowest BCUT2D eigenvalue weighted by atomic mass is 10.1. The molecule has 0 aromatic carbocycles. The van der Waals surface area contributed by atoms with Crippen molar-refractivity contribution in [3.63, 3.8) is 0 Å². The number of halogens is 1. The van der Waals surface area contributed by atoms with E-state index in [-0.39, 0.29) is 18.4 Å². The first-order valence-corrected chi connectivity index (χ1v) is 4.75. The Bertz CT molecular complexity index is 189. The Hall–Kier alpha value is -0.480. The topological polar surface area (TPSA) is 35.6 Å². The molecule has 0 aromatic heterocycles. The molecule has 5 heteroatoms. The molecule has 1 aliphatic heterocycles. The maximum atomic E-state index is 11.2. The smallest absolute Gasteiger partial charge is 0.316 e. The zero-order valence-corrected chi connectivity index (χ0v) is 9.93. The molecule has 0 saturated carbocycles. The Morgan fingerprint density at radius 2 is 2.29 bits per heavy atom. The second-order valence-corrected chi connectivity index (χ2v) is 3.85. The number of nitrogens with zero attached hydrogens (tertiary/aromatic N) is 2. The lowest BCUT2D eigenvalue weighted by Crippen LogP contribution is -2.38. The highest BCUT2D eigenvalue weighted by Crippen LogP contribution is 2.14. The van der Waals surface area contributed by atoms with Gasteiger partial charge in [0.1, 0.15) is 0 Å². The van der Waals surface area contributed by atoms with E-state index in [4.69, 9.17) is 0 Å². The van der Waals surface area contributed by atoms with Crippen LogP contribution in [0.2, 0.25) is 0 Å². The van der Waals surface area contributed by atoms with Gasteiger partial charge in [-0.1, -0.05) is 0 Å². The third-order valence-corrected chi connectivity index (χ3v) is 2.58. The molecule has 1 N–H and O–H groups in total. The van der Waals surface area contributed by atoms with E-state index in [1.807, 2.05) is 7.05 Å². The molecule has 1 atom stereocenters. The summed E-state index contributed by atoms with van der Waals surface area (Å²) in [5.74, 6) is 0.646. The highest BCUT2D eigenvalue weighted by Gasteiger charge is 2.21. The molecule has 1 aliphatic rings. The van der Waals surface area contributed by atoms with E-state index in [0.29, 0.717) is 5.92 Å². The average molecular weight is 222 g/mol. The summed E-state index contributed by atoms with van der Waals surface area (Å²) >= 11 is 0. The van der Waals surface area contributed by atoms with E-state index in [1.165, 1.54) is 6.42 Å². The zero-order chi connectivity index (χ0) is 9.84. The summed E-state index contributed by atoms with van der Waals surface area (Å²) in [6, 6.07) is 0.00885. The van der Waals surface area contributed by atoms with Crippen molar-refractivity contribution in [3.8, 4) is 0 Å². The van der Waals surface area contributed by atoms with Crippen LogP contribution >= 0.6 is 12.4 Å². The third-order valence-electron chi connectivity index (χ3n) is 2.58. The number of likely N-dealkylation sites (tertiary alicyclic amines) is 1. The first kappa shape index (κ1) is 13.5. The van der Waals surface area contributed by atoms with Gasteiger partial charge in [-0.15, -0.1) is 12.4 Å². The van der Waals surface area contributed by atoms with Gasteiger partial charge in [0.15, 0.2) is 0 Å². The van der Waals surface area contributed by atoms with Crippen molar-refractivity contribution >= 4 is 18.4 Å². The minimum Gasteiger partial charge on any atom is -0.341 e. The van der Waals surface area contributed by atoms with E-state index in [9.17, 15) is 4.79 Å². The largest absolute Gasteiger partial charge is 0.341 e. The summed E-state index contributed by atoms with van der Waals surface area (Å²) in [6.07, 6.45) is 1.21. The van der Waals surface area contributed by atoms with Gasteiger partial charge in [-0.2, -0.15) is 0 Å². The number of hydrogen-bond acceptors (Lipinski definition) is 2. The summed E-state index contributed by atoms with van der Waals surface area (Å²) in [5, 5.41) is 2.62. The van der Waals surface area contributed by atoms with Gasteiger partial charge in [0, 0.05) is 27.2 Å². The van der Waals surface area contributed by atoms with E-state index in [2.05, 4.69) is 17.3 Å². The van der Waals surface area contributed by atoms with Crippen LogP contribution in [0.5, 0.6) is 0 Å². The highest BCUT2D eigenvalue weighted by atomic mass is 35.5. The molecule has 0 bridgehead atoms. The summed E-state index contributed by atoms with van der Waals surface area (Å²) in [6.45, 7) is 3.14. The minimum atomic E-state index is 0. The van der Waals surface area contributed by atoms with Crippen molar-refractivity contribution in [3.05, 3.63) is 0 Å². The summed E-state index contributed by atoms with van der Waals surface area (Å²) < 4.78 is 0. The van der Waals surface area contributed by atoms with Gasteiger partial charge in [0.2, 0.25) is 0 Å². The second kappa shape index (κ2) is 6.09. The van der Waals surface area contributed by atoms with Crippen LogP contribution in [-0.2, 0) is 0 Å². The number of carbonyl (C=O) groups is 1. The van der Waals surface area contributed by atoms with Gasteiger partial charge in [-0.25, -0.2) is 4.79 Å². The molecule has 1 saturated heterocycles. The number of amides is 2. The van der Waals surface area contributed by atoms with Gasteiger partial charge in [-0.05, 0) is 25.9 Å². The van der Waals surface area contributed by atoms with Gasteiger partial charge in [0.05, 0.1) is 0 Å². The Kier molecular flexibility index (Phi) is 5.88. The predicted molar refractivity (Wildman–Crippen MR) is 59.9 cm³/mol. The Morgan fingerprint density at radius 3 is 2.71 bits per heavy atom. The maximum Gasteiger partial charge on any atom is 0.316 e. The molecule has 4 nitrogen and oxygen atoms in total. The number of urea groups is 1. The Balaban J connectivity index is 0.00000169. The molecule has 84 valence electrons. The van der Waals surface area contributed by atoms with Crippen molar-refractivity contribution in [2.45, 2.75) is 6.42 Å². The predicted octanol–water partition coefficient (Wildman–Crippen LogP) is 0.631. The Morgan fingerprint density at radius 1 is 1.64 bits per heavy atom. The first-order chi connectivity index (χ1) is 6.13. The van der Waals surface area contributed by atoms with Crippen LogP contribution < -0.4 is 5.32 Å². The van der Waals surface area contributed by atoms with Crippen molar-refractivity contribution in [2.75, 3.05) is 40.8 Å². The molecule has 2 amide bonds.